The number of hydrogen-bond donors (Lipinski definition) is 2. The number of nitrogens with zero attached hydrogens (tertiary/aromatic N) is 3. The van der Waals surface area contributed by atoms with Crippen LogP contribution < -0.4 is 5.32 Å². The van der Waals surface area contributed by atoms with Gasteiger partial charge in [0.15, 0.2) is 0 Å². The molecule has 0 aromatic carbocycles. The number of aromatic nitrogens is 4. The average Bonchev–Trinajstić information content (AvgIpc) is 2.96. The van der Waals surface area contributed by atoms with E-state index >= 15 is 0 Å². The molecule has 2 aromatic rings. The van der Waals surface area contributed by atoms with Crippen LogP contribution in [-0.2, 0) is 0 Å². The van der Waals surface area contributed by atoms with Crippen molar-refractivity contribution in [1.29, 1.82) is 0 Å². The van der Waals surface area contributed by atoms with Gasteiger partial charge >= 0.3 is 0 Å². The summed E-state index contributed by atoms with van der Waals surface area (Å²) in [5, 5.41) is 13.0. The van der Waals surface area contributed by atoms with Gasteiger partial charge in [0.25, 0.3) is 5.91 Å². The molecule has 2 aromatic heterocycles. The predicted molar refractivity (Wildman–Crippen MR) is 70.9 cm³/mol. The number of carbonyl (C=O) groups is 1. The van der Waals surface area contributed by atoms with Crippen LogP contribution in [-0.4, -0.2) is 38.8 Å². The Hall–Kier alpha value is -2.12. The minimum atomic E-state index is -2.27. The van der Waals surface area contributed by atoms with Crippen LogP contribution in [0.25, 0.3) is 11.2 Å². The van der Waals surface area contributed by atoms with Gasteiger partial charge < -0.3 is 5.32 Å². The predicted octanol–water partition coefficient (Wildman–Crippen LogP) is 1.91. The van der Waals surface area contributed by atoms with Gasteiger partial charge in [0.2, 0.25) is 12.1 Å². The lowest BCUT2D eigenvalue weighted by atomic mass is 9.86. The van der Waals surface area contributed by atoms with Gasteiger partial charge in [-0.3, -0.25) is 4.79 Å². The van der Waals surface area contributed by atoms with Gasteiger partial charge in [-0.25, -0.2) is 13.8 Å². The van der Waals surface area contributed by atoms with Crippen molar-refractivity contribution in [3.05, 3.63) is 17.8 Å². The lowest BCUT2D eigenvalue weighted by Crippen LogP contribution is -2.38. The zero-order valence-corrected chi connectivity index (χ0v) is 11.2. The first-order chi connectivity index (χ1) is 10.1. The number of alkyl halides is 2. The molecule has 0 aliphatic heterocycles. The fraction of sp³-hybridized carbons (Fsp3) is 0.538. The normalized spacial score (nSPS) is 22.6. The molecule has 1 aliphatic rings. The van der Waals surface area contributed by atoms with E-state index in [1.54, 1.807) is 6.07 Å². The highest BCUT2D eigenvalue weighted by Gasteiger charge is 2.28. The van der Waals surface area contributed by atoms with Crippen LogP contribution in [0.3, 0.4) is 0 Å². The number of halogens is 2. The summed E-state index contributed by atoms with van der Waals surface area (Å²) in [6.07, 6.45) is 1.27. The zero-order valence-electron chi connectivity index (χ0n) is 11.2. The summed E-state index contributed by atoms with van der Waals surface area (Å²) in [5.74, 6) is -0.807. The third-order valence-corrected chi connectivity index (χ3v) is 3.93. The third-order valence-electron chi connectivity index (χ3n) is 3.93. The van der Waals surface area contributed by atoms with Crippen molar-refractivity contribution in [3.8, 4) is 0 Å². The molecule has 112 valence electrons. The van der Waals surface area contributed by atoms with Crippen LogP contribution in [0.2, 0.25) is 0 Å². The molecular formula is C13H15F2N5O. The number of aromatic amines is 1. The molecule has 21 heavy (non-hydrogen) atoms. The summed E-state index contributed by atoms with van der Waals surface area (Å²) in [5.41, 5.74) is 1.19. The van der Waals surface area contributed by atoms with E-state index in [1.807, 2.05) is 0 Å². The average molecular weight is 295 g/mol. The molecule has 3 rings (SSSR count). The summed E-state index contributed by atoms with van der Waals surface area (Å²) in [4.78, 5) is 16.3. The maximum absolute atomic E-state index is 12.6. The van der Waals surface area contributed by atoms with Crippen molar-refractivity contribution in [2.45, 2.75) is 38.2 Å². The van der Waals surface area contributed by atoms with Crippen molar-refractivity contribution < 1.29 is 13.6 Å². The number of rotatable bonds is 3. The minimum absolute atomic E-state index is 0.0670. The summed E-state index contributed by atoms with van der Waals surface area (Å²) < 4.78 is 25.2. The summed E-state index contributed by atoms with van der Waals surface area (Å²) >= 11 is 0. The summed E-state index contributed by atoms with van der Waals surface area (Å²) in [6, 6.07) is 1.51. The molecule has 6 nitrogen and oxygen atoms in total. The topological polar surface area (TPSA) is 83.6 Å². The largest absolute Gasteiger partial charge is 0.349 e. The Morgan fingerprint density at radius 3 is 2.76 bits per heavy atom. The van der Waals surface area contributed by atoms with Gasteiger partial charge in [-0.2, -0.15) is 10.3 Å². The van der Waals surface area contributed by atoms with Crippen LogP contribution >= 0.6 is 0 Å². The van der Waals surface area contributed by atoms with Crippen LogP contribution in [0.1, 0.15) is 36.0 Å². The van der Waals surface area contributed by atoms with E-state index in [2.05, 4.69) is 25.7 Å². The van der Waals surface area contributed by atoms with E-state index in [4.69, 9.17) is 0 Å². The van der Waals surface area contributed by atoms with Gasteiger partial charge in [0.1, 0.15) is 5.52 Å². The molecule has 1 fully saturated rings. The standard InChI is InChI=1S/C13H15F2N5O/c14-11(15)7-1-3-8(4-2-7)17-13(21)9-5-6-16-12-10(9)18-20-19-12/h5-8,11H,1-4H2,(H,17,21)(H,16,18,19,20). The van der Waals surface area contributed by atoms with E-state index in [-0.39, 0.29) is 11.9 Å². The lowest BCUT2D eigenvalue weighted by molar-refractivity contribution is 0.0500. The SMILES string of the molecule is O=C(NC1CCC(C(F)F)CC1)c1ccnc2n[nH]nc12. The van der Waals surface area contributed by atoms with Gasteiger partial charge in [0, 0.05) is 18.2 Å². The molecule has 8 heteroatoms. The fourth-order valence-electron chi connectivity index (χ4n) is 2.72. The quantitative estimate of drug-likeness (QED) is 0.906. The van der Waals surface area contributed by atoms with Crippen molar-refractivity contribution in [1.82, 2.24) is 25.7 Å². The van der Waals surface area contributed by atoms with Crippen LogP contribution in [0.5, 0.6) is 0 Å². The Labute approximate surface area is 119 Å². The highest BCUT2D eigenvalue weighted by molar-refractivity contribution is 6.03. The Morgan fingerprint density at radius 1 is 1.29 bits per heavy atom. The molecule has 0 bridgehead atoms. The van der Waals surface area contributed by atoms with Gasteiger partial charge in [-0.05, 0) is 31.7 Å². The van der Waals surface area contributed by atoms with Crippen molar-refractivity contribution in [2.24, 2.45) is 5.92 Å². The van der Waals surface area contributed by atoms with E-state index in [0.717, 1.165) is 0 Å². The minimum Gasteiger partial charge on any atom is -0.349 e. The Balaban J connectivity index is 1.66. The Bertz CT molecular complexity index is 636. The Morgan fingerprint density at radius 2 is 2.05 bits per heavy atom. The molecule has 0 spiro atoms. The second kappa shape index (κ2) is 5.71. The van der Waals surface area contributed by atoms with Crippen LogP contribution in [0.4, 0.5) is 8.78 Å². The molecule has 0 unspecified atom stereocenters. The van der Waals surface area contributed by atoms with E-state index in [9.17, 15) is 13.6 Å². The monoisotopic (exact) mass is 295 g/mol. The smallest absolute Gasteiger partial charge is 0.253 e. The van der Waals surface area contributed by atoms with Crippen LogP contribution in [0.15, 0.2) is 12.3 Å². The number of nitrogens with one attached hydrogen (secondary N) is 2. The van der Waals surface area contributed by atoms with E-state index in [0.29, 0.717) is 42.4 Å². The van der Waals surface area contributed by atoms with Crippen molar-refractivity contribution in [2.75, 3.05) is 0 Å². The second-order valence-electron chi connectivity index (χ2n) is 5.27. The number of amides is 1. The zero-order chi connectivity index (χ0) is 14.8. The Kier molecular flexibility index (Phi) is 3.76. The number of pyridine rings is 1. The van der Waals surface area contributed by atoms with E-state index < -0.39 is 12.3 Å². The molecule has 0 atom stereocenters. The molecule has 0 saturated heterocycles. The van der Waals surface area contributed by atoms with Gasteiger partial charge in [-0.1, -0.05) is 0 Å². The lowest BCUT2D eigenvalue weighted by Gasteiger charge is -2.28. The maximum atomic E-state index is 12.6. The van der Waals surface area contributed by atoms with Gasteiger partial charge in [0.05, 0.1) is 5.56 Å². The molecular weight excluding hydrogens is 280 g/mol. The number of carbonyl (C=O) groups excluding carboxylic acids is 1. The highest BCUT2D eigenvalue weighted by atomic mass is 19.3. The summed E-state index contributed by atoms with van der Waals surface area (Å²) in [6.45, 7) is 0. The van der Waals surface area contributed by atoms with Gasteiger partial charge in [-0.15, -0.1) is 5.10 Å². The number of hydrogen-bond acceptors (Lipinski definition) is 4. The first kappa shape index (κ1) is 13.8. The van der Waals surface area contributed by atoms with Crippen molar-refractivity contribution >= 4 is 17.1 Å². The molecule has 1 amide bonds. The third kappa shape index (κ3) is 2.84. The highest BCUT2D eigenvalue weighted by Crippen LogP contribution is 2.29. The van der Waals surface area contributed by atoms with Crippen LogP contribution in [0, 0.1) is 5.92 Å². The number of H-pyrrole nitrogens is 1. The molecule has 1 aliphatic carbocycles. The molecule has 2 N–H and O–H groups in total. The first-order valence-corrected chi connectivity index (χ1v) is 6.89. The molecule has 0 radical (unpaired) electrons. The first-order valence-electron chi connectivity index (χ1n) is 6.89. The fourth-order valence-corrected chi connectivity index (χ4v) is 2.72. The molecule has 1 saturated carbocycles. The van der Waals surface area contributed by atoms with E-state index in [1.165, 1.54) is 6.20 Å². The van der Waals surface area contributed by atoms with Crippen molar-refractivity contribution in [3.63, 3.8) is 0 Å². The summed E-state index contributed by atoms with van der Waals surface area (Å²) in [7, 11) is 0. The second-order valence-corrected chi connectivity index (χ2v) is 5.27. The number of fused-ring (bicyclic) bond motifs is 1. The molecule has 2 heterocycles. The maximum Gasteiger partial charge on any atom is 0.253 e.